The summed E-state index contributed by atoms with van der Waals surface area (Å²) in [5.41, 5.74) is 1.33. The molecule has 1 N–H and O–H groups in total. The zero-order chi connectivity index (χ0) is 18.4. The number of nitrogens with zero attached hydrogens (tertiary/aromatic N) is 1. The minimum absolute atomic E-state index is 0.126. The fourth-order valence-electron chi connectivity index (χ4n) is 2.19. The highest BCUT2D eigenvalue weighted by molar-refractivity contribution is 6.42. The maximum atomic E-state index is 12.9. The second kappa shape index (κ2) is 8.83. The summed E-state index contributed by atoms with van der Waals surface area (Å²) in [6, 6.07) is 10.7. The van der Waals surface area contributed by atoms with Crippen molar-refractivity contribution in [3.63, 3.8) is 0 Å². The lowest BCUT2D eigenvalue weighted by Crippen LogP contribution is -2.31. The van der Waals surface area contributed by atoms with E-state index in [1.165, 1.54) is 24.0 Å². The van der Waals surface area contributed by atoms with Gasteiger partial charge in [-0.3, -0.25) is 9.59 Å². The number of carbonyl (C=O) groups is 2. The first kappa shape index (κ1) is 19.2. The second-order valence-electron chi connectivity index (χ2n) is 5.49. The predicted molar refractivity (Wildman–Crippen MR) is 97.2 cm³/mol. The van der Waals surface area contributed by atoms with E-state index < -0.39 is 0 Å². The first-order valence-corrected chi connectivity index (χ1v) is 8.35. The molecule has 0 saturated heterocycles. The molecule has 4 nitrogen and oxygen atoms in total. The molecule has 0 atom stereocenters. The molecule has 0 saturated carbocycles. The van der Waals surface area contributed by atoms with E-state index >= 15 is 0 Å². The molecule has 0 radical (unpaired) electrons. The maximum absolute atomic E-state index is 12.9. The van der Waals surface area contributed by atoms with Crippen molar-refractivity contribution >= 4 is 40.7 Å². The number of carbonyl (C=O) groups excluding carboxylic acids is 2. The average molecular weight is 383 g/mol. The normalized spacial score (nSPS) is 10.4. The molecule has 0 aliphatic heterocycles. The van der Waals surface area contributed by atoms with Gasteiger partial charge in [-0.05, 0) is 35.9 Å². The van der Waals surface area contributed by atoms with Gasteiger partial charge in [0.15, 0.2) is 0 Å². The van der Waals surface area contributed by atoms with Crippen LogP contribution in [0.4, 0.5) is 10.1 Å². The Morgan fingerprint density at radius 1 is 1.08 bits per heavy atom. The van der Waals surface area contributed by atoms with Crippen LogP contribution >= 0.6 is 23.2 Å². The lowest BCUT2D eigenvalue weighted by Gasteiger charge is -2.21. The number of hydrogen-bond acceptors (Lipinski definition) is 2. The molecule has 0 heterocycles. The van der Waals surface area contributed by atoms with Crippen LogP contribution in [0.3, 0.4) is 0 Å². The van der Waals surface area contributed by atoms with E-state index in [1.807, 2.05) is 0 Å². The molecule has 0 spiro atoms. The van der Waals surface area contributed by atoms with Gasteiger partial charge in [-0.2, -0.15) is 0 Å². The summed E-state index contributed by atoms with van der Waals surface area (Å²) >= 11 is 11.7. The van der Waals surface area contributed by atoms with Crippen molar-refractivity contribution in [3.8, 4) is 0 Å². The van der Waals surface area contributed by atoms with Gasteiger partial charge in [-0.1, -0.05) is 35.3 Å². The van der Waals surface area contributed by atoms with Crippen LogP contribution in [0.5, 0.6) is 0 Å². The van der Waals surface area contributed by atoms with Crippen molar-refractivity contribution in [1.82, 2.24) is 4.90 Å². The molecule has 2 aromatic carbocycles. The number of anilines is 1. The first-order valence-electron chi connectivity index (χ1n) is 7.60. The van der Waals surface area contributed by atoms with Crippen LogP contribution in [0.15, 0.2) is 42.5 Å². The summed E-state index contributed by atoms with van der Waals surface area (Å²) in [7, 11) is 0. The van der Waals surface area contributed by atoms with Crippen molar-refractivity contribution in [2.24, 2.45) is 0 Å². The number of nitrogens with one attached hydrogen (secondary N) is 1. The summed E-state index contributed by atoms with van der Waals surface area (Å²) in [6.45, 7) is 2.00. The third kappa shape index (κ3) is 6.03. The van der Waals surface area contributed by atoms with Gasteiger partial charge in [0.05, 0.1) is 10.0 Å². The van der Waals surface area contributed by atoms with Crippen LogP contribution in [0.2, 0.25) is 10.0 Å². The van der Waals surface area contributed by atoms with Crippen molar-refractivity contribution in [1.29, 1.82) is 0 Å². The Labute approximate surface area is 155 Å². The maximum Gasteiger partial charge on any atom is 0.226 e. The summed E-state index contributed by atoms with van der Waals surface area (Å²) in [4.78, 5) is 25.3. The molecular formula is C18H17Cl2FN2O2. The lowest BCUT2D eigenvalue weighted by molar-refractivity contribution is -0.129. The van der Waals surface area contributed by atoms with Crippen molar-refractivity contribution in [3.05, 3.63) is 63.9 Å². The van der Waals surface area contributed by atoms with Crippen LogP contribution in [0.25, 0.3) is 0 Å². The zero-order valence-corrected chi connectivity index (χ0v) is 15.1. The predicted octanol–water partition coefficient (Wildman–Crippen LogP) is 4.51. The summed E-state index contributed by atoms with van der Waals surface area (Å²) in [5.74, 6) is -0.741. The summed E-state index contributed by atoms with van der Waals surface area (Å²) in [5, 5.41) is 3.46. The molecule has 7 heteroatoms. The van der Waals surface area contributed by atoms with Gasteiger partial charge in [0.2, 0.25) is 11.8 Å². The zero-order valence-electron chi connectivity index (χ0n) is 13.6. The van der Waals surface area contributed by atoms with Gasteiger partial charge in [-0.25, -0.2) is 4.39 Å². The summed E-state index contributed by atoms with van der Waals surface area (Å²) < 4.78 is 12.9. The quantitative estimate of drug-likeness (QED) is 0.798. The van der Waals surface area contributed by atoms with Crippen molar-refractivity contribution < 1.29 is 14.0 Å². The Balaban J connectivity index is 1.91. The highest BCUT2D eigenvalue weighted by atomic mass is 35.5. The Hall–Kier alpha value is -2.11. The standard InChI is InChI=1S/C18H17Cl2FN2O2/c1-12(24)23(11-13-2-4-14(21)5-3-13)9-8-18(25)22-15-6-7-16(19)17(20)10-15/h2-7,10H,8-9,11H2,1H3,(H,22,25). The minimum atomic E-state index is -0.334. The molecule has 0 aliphatic rings. The van der Waals surface area contributed by atoms with Gasteiger partial charge < -0.3 is 10.2 Å². The van der Waals surface area contributed by atoms with Crippen molar-refractivity contribution in [2.75, 3.05) is 11.9 Å². The van der Waals surface area contributed by atoms with Crippen molar-refractivity contribution in [2.45, 2.75) is 19.9 Å². The molecule has 0 aromatic heterocycles. The molecule has 0 aliphatic carbocycles. The molecular weight excluding hydrogens is 366 g/mol. The molecule has 0 bridgehead atoms. The minimum Gasteiger partial charge on any atom is -0.338 e. The van der Waals surface area contributed by atoms with E-state index in [2.05, 4.69) is 5.32 Å². The van der Waals surface area contributed by atoms with E-state index in [-0.39, 0.29) is 30.6 Å². The summed E-state index contributed by atoms with van der Waals surface area (Å²) in [6.07, 6.45) is 0.126. The molecule has 2 amide bonds. The molecule has 0 fully saturated rings. The molecule has 132 valence electrons. The van der Waals surface area contributed by atoms with Crippen LogP contribution < -0.4 is 5.32 Å². The molecule has 0 unspecified atom stereocenters. The van der Waals surface area contributed by atoms with Gasteiger partial charge in [0, 0.05) is 32.1 Å². The molecule has 2 rings (SSSR count). The van der Waals surface area contributed by atoms with E-state index in [4.69, 9.17) is 23.2 Å². The van der Waals surface area contributed by atoms with Crippen LogP contribution in [-0.2, 0) is 16.1 Å². The third-order valence-corrected chi connectivity index (χ3v) is 4.28. The Kier molecular flexibility index (Phi) is 6.79. The van der Waals surface area contributed by atoms with E-state index in [0.29, 0.717) is 22.3 Å². The largest absolute Gasteiger partial charge is 0.338 e. The molecule has 2 aromatic rings. The van der Waals surface area contributed by atoms with Crippen LogP contribution in [-0.4, -0.2) is 23.3 Å². The number of halogens is 3. The fourth-order valence-corrected chi connectivity index (χ4v) is 2.49. The van der Waals surface area contributed by atoms with Gasteiger partial charge >= 0.3 is 0 Å². The van der Waals surface area contributed by atoms with Crippen LogP contribution in [0, 0.1) is 5.82 Å². The van der Waals surface area contributed by atoms with E-state index in [0.717, 1.165) is 5.56 Å². The number of amides is 2. The number of benzene rings is 2. The SMILES string of the molecule is CC(=O)N(CCC(=O)Nc1ccc(Cl)c(Cl)c1)Cc1ccc(F)cc1. The Morgan fingerprint density at radius 3 is 2.36 bits per heavy atom. The van der Waals surface area contributed by atoms with E-state index in [9.17, 15) is 14.0 Å². The third-order valence-electron chi connectivity index (χ3n) is 3.54. The van der Waals surface area contributed by atoms with E-state index in [1.54, 1.807) is 30.3 Å². The first-order chi connectivity index (χ1) is 11.8. The van der Waals surface area contributed by atoms with Gasteiger partial charge in [0.25, 0.3) is 0 Å². The Bertz CT molecular complexity index is 766. The topological polar surface area (TPSA) is 49.4 Å². The smallest absolute Gasteiger partial charge is 0.226 e. The Morgan fingerprint density at radius 2 is 1.76 bits per heavy atom. The number of rotatable bonds is 6. The van der Waals surface area contributed by atoms with Crippen LogP contribution in [0.1, 0.15) is 18.9 Å². The van der Waals surface area contributed by atoms with Gasteiger partial charge in [0.1, 0.15) is 5.82 Å². The monoisotopic (exact) mass is 382 g/mol. The number of hydrogen-bond donors (Lipinski definition) is 1. The van der Waals surface area contributed by atoms with Gasteiger partial charge in [-0.15, -0.1) is 0 Å². The average Bonchev–Trinajstić information content (AvgIpc) is 2.56. The highest BCUT2D eigenvalue weighted by Crippen LogP contribution is 2.25. The second-order valence-corrected chi connectivity index (χ2v) is 6.31. The highest BCUT2D eigenvalue weighted by Gasteiger charge is 2.12. The fraction of sp³-hybridized carbons (Fsp3) is 0.222. The lowest BCUT2D eigenvalue weighted by atomic mass is 10.2. The molecule has 25 heavy (non-hydrogen) atoms.